The molecule has 1 aliphatic rings. The quantitative estimate of drug-likeness (QED) is 0.580. The van der Waals surface area contributed by atoms with E-state index >= 15 is 0 Å². The van der Waals surface area contributed by atoms with Crippen molar-refractivity contribution in [1.82, 2.24) is 5.43 Å². The highest BCUT2D eigenvalue weighted by Crippen LogP contribution is 2.17. The number of nitriles is 1. The van der Waals surface area contributed by atoms with Crippen LogP contribution in [0.15, 0.2) is 24.3 Å². The Balaban J connectivity index is 0.000000281. The molecule has 11 heavy (non-hydrogen) atoms. The topological polar surface area (TPSA) is 47.9 Å². The summed E-state index contributed by atoms with van der Waals surface area (Å²) < 4.78 is 0. The molecule has 0 saturated carbocycles. The van der Waals surface area contributed by atoms with Crippen molar-refractivity contribution >= 4 is 5.69 Å². The van der Waals surface area contributed by atoms with Crippen molar-refractivity contribution < 1.29 is 0 Å². The third-order valence-electron chi connectivity index (χ3n) is 1.52. The second kappa shape index (κ2) is 3.59. The van der Waals surface area contributed by atoms with Crippen molar-refractivity contribution in [3.63, 3.8) is 0 Å². The van der Waals surface area contributed by atoms with E-state index in [4.69, 9.17) is 5.26 Å². The van der Waals surface area contributed by atoms with Crippen molar-refractivity contribution in [3.05, 3.63) is 29.8 Å². The third kappa shape index (κ3) is 1.48. The maximum atomic E-state index is 6.50. The first-order valence-corrected chi connectivity index (χ1v) is 3.29. The predicted octanol–water partition coefficient (Wildman–Crippen LogP) is 1.26. The summed E-state index contributed by atoms with van der Waals surface area (Å²) in [6.45, 7) is 4.44. The fraction of sp³-hybridized carbons (Fsp3) is 0.125. The van der Waals surface area contributed by atoms with Crippen LogP contribution in [0.2, 0.25) is 0 Å². The molecular weight excluding hydrogens is 138 g/mol. The van der Waals surface area contributed by atoms with Crippen molar-refractivity contribution in [3.8, 4) is 6.57 Å². The van der Waals surface area contributed by atoms with Gasteiger partial charge in [0, 0.05) is 13.1 Å². The van der Waals surface area contributed by atoms with E-state index in [2.05, 4.69) is 29.6 Å². The summed E-state index contributed by atoms with van der Waals surface area (Å²) in [5.74, 6) is 0. The van der Waals surface area contributed by atoms with Gasteiger partial charge in [0.25, 0.3) is 0 Å². The largest absolute Gasteiger partial charge is 0.321 e. The second-order valence-corrected chi connectivity index (χ2v) is 2.14. The predicted molar refractivity (Wildman–Crippen MR) is 43.6 cm³/mol. The van der Waals surface area contributed by atoms with Crippen LogP contribution < -0.4 is 10.9 Å². The lowest BCUT2D eigenvalue weighted by molar-refractivity contribution is 0.860. The van der Waals surface area contributed by atoms with Crippen molar-refractivity contribution in [2.75, 3.05) is 5.43 Å². The molecule has 0 unspecified atom stereocenters. The summed E-state index contributed by atoms with van der Waals surface area (Å²) in [4.78, 5) is 0. The van der Waals surface area contributed by atoms with Crippen LogP contribution in [0.5, 0.6) is 0 Å². The maximum Gasteiger partial charge on any atom is 0.0533 e. The number of nitrogens with zero attached hydrogens (tertiary/aromatic N) is 1. The molecule has 0 amide bonds. The molecule has 2 rings (SSSR count). The van der Waals surface area contributed by atoms with Gasteiger partial charge in [-0.15, -0.1) is 0 Å². The number of hydrazine groups is 1. The molecule has 3 nitrogen and oxygen atoms in total. The fourth-order valence-electron chi connectivity index (χ4n) is 1.03. The summed E-state index contributed by atoms with van der Waals surface area (Å²) in [6, 6.07) is 8.25. The lowest BCUT2D eigenvalue weighted by Crippen LogP contribution is -2.10. The highest BCUT2D eigenvalue weighted by molar-refractivity contribution is 5.53. The lowest BCUT2D eigenvalue weighted by Gasteiger charge is -1.93. The number of nitrogens with one attached hydrogen (secondary N) is 2. The minimum absolute atomic E-state index is 0.941. The van der Waals surface area contributed by atoms with E-state index in [9.17, 15) is 0 Å². The molecule has 1 aromatic carbocycles. The molecule has 2 N–H and O–H groups in total. The van der Waals surface area contributed by atoms with Gasteiger partial charge in [-0.2, -0.15) is 0 Å². The first-order valence-electron chi connectivity index (χ1n) is 3.29. The standard InChI is InChI=1S/C7H8N2.CHN/c1-2-4-7-6(3-1)5-8-9-7;1-2/h1-4,8-9H,5H2;1H. The number of para-hydroxylation sites is 1. The van der Waals surface area contributed by atoms with Gasteiger partial charge in [0.05, 0.1) is 5.69 Å². The van der Waals surface area contributed by atoms with Gasteiger partial charge in [0.1, 0.15) is 0 Å². The molecule has 0 aromatic heterocycles. The average Bonchev–Trinajstić information content (AvgIpc) is 2.55. The Morgan fingerprint density at radius 3 is 2.73 bits per heavy atom. The molecule has 0 bridgehead atoms. The molecule has 0 fully saturated rings. The zero-order chi connectivity index (χ0) is 8.10. The molecular formula is C8H9N3. The number of anilines is 1. The number of benzene rings is 1. The maximum absolute atomic E-state index is 6.50. The van der Waals surface area contributed by atoms with Gasteiger partial charge in [-0.25, -0.2) is 10.7 Å². The van der Waals surface area contributed by atoms with Gasteiger partial charge in [-0.1, -0.05) is 18.2 Å². The number of fused-ring (bicyclic) bond motifs is 1. The number of hydrogen-bond acceptors (Lipinski definition) is 3. The summed E-state index contributed by atoms with van der Waals surface area (Å²) in [6.07, 6.45) is 0. The van der Waals surface area contributed by atoms with Crippen LogP contribution in [0.25, 0.3) is 0 Å². The number of hydrogen-bond donors (Lipinski definition) is 2. The van der Waals surface area contributed by atoms with E-state index in [1.54, 1.807) is 0 Å². The van der Waals surface area contributed by atoms with E-state index in [-0.39, 0.29) is 0 Å². The Morgan fingerprint density at radius 1 is 1.27 bits per heavy atom. The summed E-state index contributed by atoms with van der Waals surface area (Å²) in [5.41, 5.74) is 8.64. The molecule has 0 atom stereocenters. The Bertz CT molecular complexity index is 232. The van der Waals surface area contributed by atoms with Crippen LogP contribution >= 0.6 is 0 Å². The van der Waals surface area contributed by atoms with E-state index in [0.717, 1.165) is 6.54 Å². The van der Waals surface area contributed by atoms with Gasteiger partial charge in [-0.05, 0) is 11.6 Å². The highest BCUT2D eigenvalue weighted by atomic mass is 15.4. The molecule has 1 aliphatic heterocycles. The van der Waals surface area contributed by atoms with Crippen LogP contribution in [0, 0.1) is 11.8 Å². The Hall–Kier alpha value is -1.53. The summed E-state index contributed by atoms with van der Waals surface area (Å²) in [5, 5.41) is 6.50. The molecule has 56 valence electrons. The zero-order valence-electron chi connectivity index (χ0n) is 6.04. The molecule has 0 aliphatic carbocycles. The number of rotatable bonds is 0. The fourth-order valence-corrected chi connectivity index (χ4v) is 1.03. The molecule has 0 spiro atoms. The van der Waals surface area contributed by atoms with Crippen LogP contribution in [-0.4, -0.2) is 0 Å². The van der Waals surface area contributed by atoms with Crippen LogP contribution in [0.4, 0.5) is 5.69 Å². The van der Waals surface area contributed by atoms with Gasteiger partial charge in [-0.3, -0.25) is 0 Å². The summed E-state index contributed by atoms with van der Waals surface area (Å²) >= 11 is 0. The van der Waals surface area contributed by atoms with E-state index < -0.39 is 0 Å². The van der Waals surface area contributed by atoms with Crippen LogP contribution in [0.3, 0.4) is 0 Å². The van der Waals surface area contributed by atoms with E-state index in [1.165, 1.54) is 11.3 Å². The molecule has 0 saturated heterocycles. The van der Waals surface area contributed by atoms with Gasteiger partial charge >= 0.3 is 0 Å². The van der Waals surface area contributed by atoms with Crippen LogP contribution in [-0.2, 0) is 6.54 Å². The highest BCUT2D eigenvalue weighted by Gasteiger charge is 2.05. The minimum Gasteiger partial charge on any atom is -0.321 e. The smallest absolute Gasteiger partial charge is 0.0533 e. The second-order valence-electron chi connectivity index (χ2n) is 2.14. The molecule has 0 radical (unpaired) electrons. The first kappa shape index (κ1) is 7.58. The Kier molecular flexibility index (Phi) is 2.47. The molecule has 3 heteroatoms. The van der Waals surface area contributed by atoms with Crippen molar-refractivity contribution in [2.45, 2.75) is 6.54 Å². The Labute approximate surface area is 65.6 Å². The first-order chi connectivity index (χ1) is 5.47. The average molecular weight is 147 g/mol. The lowest BCUT2D eigenvalue weighted by atomic mass is 10.2. The van der Waals surface area contributed by atoms with E-state index in [1.807, 2.05) is 12.1 Å². The molecule has 1 aromatic rings. The van der Waals surface area contributed by atoms with Crippen molar-refractivity contribution in [1.29, 1.82) is 5.26 Å². The normalized spacial score (nSPS) is 12.2. The summed E-state index contributed by atoms with van der Waals surface area (Å²) in [7, 11) is 0. The minimum atomic E-state index is 0.941. The Morgan fingerprint density at radius 2 is 2.00 bits per heavy atom. The van der Waals surface area contributed by atoms with Crippen LogP contribution in [0.1, 0.15) is 5.56 Å². The SMILES string of the molecule is C#N.c1ccc2c(c1)CNN2. The van der Waals surface area contributed by atoms with Gasteiger partial charge < -0.3 is 5.43 Å². The molecule has 1 heterocycles. The van der Waals surface area contributed by atoms with Crippen molar-refractivity contribution in [2.24, 2.45) is 0 Å². The van der Waals surface area contributed by atoms with E-state index in [0.29, 0.717) is 0 Å². The van der Waals surface area contributed by atoms with Gasteiger partial charge in [0.15, 0.2) is 0 Å². The zero-order valence-corrected chi connectivity index (χ0v) is 6.04. The van der Waals surface area contributed by atoms with Gasteiger partial charge in [0.2, 0.25) is 0 Å². The monoisotopic (exact) mass is 147 g/mol. The third-order valence-corrected chi connectivity index (χ3v) is 1.52.